The summed E-state index contributed by atoms with van der Waals surface area (Å²) in [6.07, 6.45) is 0. The molecule has 0 spiro atoms. The summed E-state index contributed by atoms with van der Waals surface area (Å²) >= 11 is 11.7. The lowest BCUT2D eigenvalue weighted by Gasteiger charge is -2.11. The van der Waals surface area contributed by atoms with Crippen molar-refractivity contribution in [1.29, 1.82) is 0 Å². The third-order valence-electron chi connectivity index (χ3n) is 2.99. The van der Waals surface area contributed by atoms with Gasteiger partial charge in [0.25, 0.3) is 5.91 Å². The molecule has 21 heavy (non-hydrogen) atoms. The van der Waals surface area contributed by atoms with Crippen LogP contribution in [0.25, 0.3) is 0 Å². The first-order chi connectivity index (χ1) is 10.0. The van der Waals surface area contributed by atoms with Gasteiger partial charge in [0.2, 0.25) is 0 Å². The molecule has 2 aromatic carbocycles. The molecule has 0 aliphatic carbocycles. The summed E-state index contributed by atoms with van der Waals surface area (Å²) in [6, 6.07) is 9.83. The predicted molar refractivity (Wildman–Crippen MR) is 81.7 cm³/mol. The van der Waals surface area contributed by atoms with Gasteiger partial charge in [-0.3, -0.25) is 4.79 Å². The van der Waals surface area contributed by atoms with Gasteiger partial charge in [0.05, 0.1) is 17.2 Å². The Labute approximate surface area is 131 Å². The topological polar surface area (TPSA) is 69.6 Å². The minimum atomic E-state index is -0.512. The van der Waals surface area contributed by atoms with E-state index >= 15 is 0 Å². The fraction of sp³-hybridized carbons (Fsp3) is 0.133. The smallest absolute Gasteiger partial charge is 0.256 e. The van der Waals surface area contributed by atoms with Crippen molar-refractivity contribution in [3.05, 3.63) is 63.1 Å². The quantitative estimate of drug-likeness (QED) is 0.808. The lowest BCUT2D eigenvalue weighted by molar-refractivity contribution is 0.0948. The standard InChI is InChI=1S/C15H13Cl2NO3/c16-11-5-12(17)14(13(20)6-11)15(21)18-7-9-3-1-2-4-10(9)8-19/h1-6,19-20H,7-8H2,(H,18,21). The van der Waals surface area contributed by atoms with Crippen LogP contribution >= 0.6 is 23.2 Å². The summed E-state index contributed by atoms with van der Waals surface area (Å²) in [5.41, 5.74) is 1.49. The monoisotopic (exact) mass is 325 g/mol. The molecule has 2 aromatic rings. The fourth-order valence-electron chi connectivity index (χ4n) is 1.93. The fourth-order valence-corrected chi connectivity index (χ4v) is 2.50. The first-order valence-electron chi connectivity index (χ1n) is 6.16. The summed E-state index contributed by atoms with van der Waals surface area (Å²) < 4.78 is 0. The van der Waals surface area contributed by atoms with E-state index in [1.165, 1.54) is 12.1 Å². The molecule has 3 N–H and O–H groups in total. The Morgan fingerprint density at radius 3 is 2.43 bits per heavy atom. The van der Waals surface area contributed by atoms with Gasteiger partial charge in [-0.15, -0.1) is 0 Å². The Bertz CT molecular complexity index is 651. The normalized spacial score (nSPS) is 10.4. The molecule has 0 atom stereocenters. The number of hydrogen-bond acceptors (Lipinski definition) is 3. The Hall–Kier alpha value is -1.75. The minimum Gasteiger partial charge on any atom is -0.507 e. The summed E-state index contributed by atoms with van der Waals surface area (Å²) in [4.78, 5) is 12.1. The Morgan fingerprint density at radius 1 is 1.14 bits per heavy atom. The summed E-state index contributed by atoms with van der Waals surface area (Å²) in [5, 5.41) is 22.0. The van der Waals surface area contributed by atoms with Gasteiger partial charge >= 0.3 is 0 Å². The second-order valence-electron chi connectivity index (χ2n) is 4.39. The van der Waals surface area contributed by atoms with E-state index in [4.69, 9.17) is 23.2 Å². The van der Waals surface area contributed by atoms with Crippen LogP contribution in [0.2, 0.25) is 10.0 Å². The number of phenols is 1. The van der Waals surface area contributed by atoms with Gasteiger partial charge < -0.3 is 15.5 Å². The number of carbonyl (C=O) groups excluding carboxylic acids is 1. The van der Waals surface area contributed by atoms with Crippen molar-refractivity contribution >= 4 is 29.1 Å². The zero-order valence-electron chi connectivity index (χ0n) is 10.9. The van der Waals surface area contributed by atoms with Crippen LogP contribution in [0.4, 0.5) is 0 Å². The number of hydrogen-bond donors (Lipinski definition) is 3. The Morgan fingerprint density at radius 2 is 1.81 bits per heavy atom. The van der Waals surface area contributed by atoms with Crippen molar-refractivity contribution in [3.63, 3.8) is 0 Å². The van der Waals surface area contributed by atoms with Crippen LogP contribution < -0.4 is 5.32 Å². The van der Waals surface area contributed by atoms with Crippen LogP contribution in [0.5, 0.6) is 5.75 Å². The van der Waals surface area contributed by atoms with E-state index in [0.29, 0.717) is 0 Å². The van der Waals surface area contributed by atoms with E-state index in [1.807, 2.05) is 6.07 Å². The van der Waals surface area contributed by atoms with Crippen molar-refractivity contribution in [2.24, 2.45) is 0 Å². The Kier molecular flexibility index (Phi) is 5.07. The molecule has 0 aromatic heterocycles. The average molecular weight is 326 g/mol. The molecule has 0 unspecified atom stereocenters. The van der Waals surface area contributed by atoms with Crippen LogP contribution in [-0.2, 0) is 13.2 Å². The second-order valence-corrected chi connectivity index (χ2v) is 5.23. The number of amides is 1. The van der Waals surface area contributed by atoms with E-state index in [0.717, 1.165) is 11.1 Å². The molecule has 110 valence electrons. The van der Waals surface area contributed by atoms with E-state index in [9.17, 15) is 15.0 Å². The third-order valence-corrected chi connectivity index (χ3v) is 3.51. The maximum Gasteiger partial charge on any atom is 0.256 e. The highest BCUT2D eigenvalue weighted by molar-refractivity contribution is 6.37. The maximum absolute atomic E-state index is 12.1. The van der Waals surface area contributed by atoms with Gasteiger partial charge in [-0.2, -0.15) is 0 Å². The highest BCUT2D eigenvalue weighted by Gasteiger charge is 2.16. The first kappa shape index (κ1) is 15.6. The van der Waals surface area contributed by atoms with Crippen molar-refractivity contribution in [2.45, 2.75) is 13.2 Å². The molecule has 0 heterocycles. The maximum atomic E-state index is 12.1. The molecule has 0 aliphatic heterocycles. The summed E-state index contributed by atoms with van der Waals surface area (Å²) in [5.74, 6) is -0.789. The van der Waals surface area contributed by atoms with E-state index < -0.39 is 5.91 Å². The van der Waals surface area contributed by atoms with Gasteiger partial charge in [-0.1, -0.05) is 47.5 Å². The number of phenolic OH excluding ortho intramolecular Hbond substituents is 1. The van der Waals surface area contributed by atoms with Crippen LogP contribution in [0.1, 0.15) is 21.5 Å². The number of rotatable bonds is 4. The largest absolute Gasteiger partial charge is 0.507 e. The van der Waals surface area contributed by atoms with Crippen LogP contribution in [0.15, 0.2) is 36.4 Å². The molecule has 0 saturated carbocycles. The zero-order valence-corrected chi connectivity index (χ0v) is 12.4. The summed E-state index contributed by atoms with van der Waals surface area (Å²) in [7, 11) is 0. The zero-order chi connectivity index (χ0) is 15.4. The lowest BCUT2D eigenvalue weighted by atomic mass is 10.1. The predicted octanol–water partition coefficient (Wildman–Crippen LogP) is 3.12. The van der Waals surface area contributed by atoms with Crippen LogP contribution in [-0.4, -0.2) is 16.1 Å². The number of nitrogens with one attached hydrogen (secondary N) is 1. The number of carbonyl (C=O) groups is 1. The molecule has 0 aliphatic rings. The Balaban J connectivity index is 2.16. The SMILES string of the molecule is O=C(NCc1ccccc1CO)c1c(O)cc(Cl)cc1Cl. The molecule has 0 bridgehead atoms. The molecule has 0 radical (unpaired) electrons. The molecule has 4 nitrogen and oxygen atoms in total. The number of halogens is 2. The van der Waals surface area contributed by atoms with E-state index in [1.54, 1.807) is 18.2 Å². The number of aliphatic hydroxyl groups excluding tert-OH is 1. The van der Waals surface area contributed by atoms with Crippen LogP contribution in [0, 0.1) is 0 Å². The highest BCUT2D eigenvalue weighted by atomic mass is 35.5. The molecule has 2 rings (SSSR count). The third kappa shape index (κ3) is 3.67. The van der Waals surface area contributed by atoms with Gasteiger partial charge in [0.15, 0.2) is 0 Å². The van der Waals surface area contributed by atoms with E-state index in [-0.39, 0.29) is 34.5 Å². The van der Waals surface area contributed by atoms with Gasteiger partial charge in [0, 0.05) is 11.6 Å². The highest BCUT2D eigenvalue weighted by Crippen LogP contribution is 2.29. The molecular formula is C15H13Cl2NO3. The molecular weight excluding hydrogens is 313 g/mol. The second kappa shape index (κ2) is 6.80. The number of aliphatic hydroxyl groups is 1. The van der Waals surface area contributed by atoms with Crippen molar-refractivity contribution in [3.8, 4) is 5.75 Å². The average Bonchev–Trinajstić information content (AvgIpc) is 2.44. The van der Waals surface area contributed by atoms with E-state index in [2.05, 4.69) is 5.32 Å². The summed E-state index contributed by atoms with van der Waals surface area (Å²) in [6.45, 7) is 0.104. The molecule has 1 amide bonds. The van der Waals surface area contributed by atoms with Crippen molar-refractivity contribution in [2.75, 3.05) is 0 Å². The van der Waals surface area contributed by atoms with Crippen molar-refractivity contribution in [1.82, 2.24) is 5.32 Å². The molecule has 0 saturated heterocycles. The lowest BCUT2D eigenvalue weighted by Crippen LogP contribution is -2.23. The number of benzene rings is 2. The minimum absolute atomic E-state index is 0.0254. The van der Waals surface area contributed by atoms with Gasteiger partial charge in [-0.25, -0.2) is 0 Å². The van der Waals surface area contributed by atoms with Crippen molar-refractivity contribution < 1.29 is 15.0 Å². The molecule has 0 fully saturated rings. The van der Waals surface area contributed by atoms with Crippen LogP contribution in [0.3, 0.4) is 0 Å². The van der Waals surface area contributed by atoms with Gasteiger partial charge in [-0.05, 0) is 23.3 Å². The molecule has 6 heteroatoms. The number of aromatic hydroxyl groups is 1. The van der Waals surface area contributed by atoms with Gasteiger partial charge in [0.1, 0.15) is 5.75 Å². The first-order valence-corrected chi connectivity index (χ1v) is 6.92.